The highest BCUT2D eigenvalue weighted by Gasteiger charge is 2.10. The Balaban J connectivity index is 0.00000338. The molecule has 1 aromatic carbocycles. The van der Waals surface area contributed by atoms with E-state index in [-0.39, 0.29) is 23.7 Å². The Bertz CT molecular complexity index is 909. The Hall–Kier alpha value is -2.78. The topological polar surface area (TPSA) is 81.6 Å². The first-order valence-electron chi connectivity index (χ1n) is 8.18. The predicted molar refractivity (Wildman–Crippen MR) is 107 cm³/mol. The second-order valence-electron chi connectivity index (χ2n) is 5.73. The van der Waals surface area contributed by atoms with Gasteiger partial charge in [0.15, 0.2) is 0 Å². The van der Waals surface area contributed by atoms with Gasteiger partial charge >= 0.3 is 0 Å². The lowest BCUT2D eigenvalue weighted by Crippen LogP contribution is -2.22. The summed E-state index contributed by atoms with van der Waals surface area (Å²) in [5.41, 5.74) is 2.29. The molecule has 0 fully saturated rings. The van der Waals surface area contributed by atoms with Crippen molar-refractivity contribution in [2.75, 3.05) is 18.0 Å². The number of aromatic hydroxyl groups is 1. The second kappa shape index (κ2) is 9.07. The Morgan fingerprint density at radius 3 is 2.46 bits per heavy atom. The second-order valence-corrected chi connectivity index (χ2v) is 5.73. The Morgan fingerprint density at radius 2 is 1.92 bits per heavy atom. The maximum atomic E-state index is 12.3. The molecule has 0 atom stereocenters. The summed E-state index contributed by atoms with van der Waals surface area (Å²) in [6.07, 6.45) is 1.42. The summed E-state index contributed by atoms with van der Waals surface area (Å²) < 4.78 is 1.17. The zero-order valence-corrected chi connectivity index (χ0v) is 16.2. The van der Waals surface area contributed by atoms with Crippen LogP contribution >= 0.6 is 12.4 Å². The molecule has 0 saturated heterocycles. The number of hydrogen-bond donors (Lipinski definition) is 1. The zero-order valence-electron chi connectivity index (χ0n) is 15.4. The highest BCUT2D eigenvalue weighted by Crippen LogP contribution is 2.23. The van der Waals surface area contributed by atoms with Crippen LogP contribution in [0.1, 0.15) is 36.2 Å². The van der Waals surface area contributed by atoms with E-state index in [1.165, 1.54) is 10.9 Å². The Morgan fingerprint density at radius 1 is 1.27 bits per heavy atom. The van der Waals surface area contributed by atoms with Crippen LogP contribution in [0.4, 0.5) is 5.69 Å². The zero-order chi connectivity index (χ0) is 18.6. The highest BCUT2D eigenvalue weighted by molar-refractivity contribution is 5.85. The summed E-state index contributed by atoms with van der Waals surface area (Å²) in [6.45, 7) is 9.26. The number of anilines is 1. The van der Waals surface area contributed by atoms with Crippen molar-refractivity contribution in [3.8, 4) is 11.8 Å². The lowest BCUT2D eigenvalue weighted by Gasteiger charge is -2.21. The summed E-state index contributed by atoms with van der Waals surface area (Å²) in [5, 5.41) is 23.5. The van der Waals surface area contributed by atoms with E-state index in [0.29, 0.717) is 16.8 Å². The molecule has 0 aliphatic carbocycles. The lowest BCUT2D eigenvalue weighted by atomic mass is 10.1. The maximum Gasteiger partial charge on any atom is 0.289 e. The van der Waals surface area contributed by atoms with E-state index < -0.39 is 5.56 Å². The van der Waals surface area contributed by atoms with Gasteiger partial charge in [-0.15, -0.1) is 12.4 Å². The highest BCUT2D eigenvalue weighted by atomic mass is 35.5. The molecule has 0 unspecified atom stereocenters. The van der Waals surface area contributed by atoms with Gasteiger partial charge in [0.1, 0.15) is 17.4 Å². The van der Waals surface area contributed by atoms with Gasteiger partial charge in [0.05, 0.1) is 6.21 Å². The van der Waals surface area contributed by atoms with Crippen LogP contribution in [0.5, 0.6) is 5.75 Å². The molecule has 0 aliphatic heterocycles. The molecular weight excluding hydrogens is 352 g/mol. The number of halogens is 1. The van der Waals surface area contributed by atoms with E-state index in [1.54, 1.807) is 32.0 Å². The largest absolute Gasteiger partial charge is 0.507 e. The molecule has 0 spiro atoms. The maximum absolute atomic E-state index is 12.3. The fourth-order valence-electron chi connectivity index (χ4n) is 2.71. The molecule has 1 N–H and O–H groups in total. The predicted octanol–water partition coefficient (Wildman–Crippen LogP) is 3.19. The van der Waals surface area contributed by atoms with Gasteiger partial charge in [-0.1, -0.05) is 0 Å². The van der Waals surface area contributed by atoms with Crippen molar-refractivity contribution in [1.82, 2.24) is 4.68 Å². The number of aromatic nitrogens is 1. The molecule has 26 heavy (non-hydrogen) atoms. The molecule has 138 valence electrons. The SMILES string of the molecule is CCN(CC)c1ccc(/C=N/n2c(C)cc(C)c(C#N)c2=O)c(O)c1.Cl. The van der Waals surface area contributed by atoms with Gasteiger partial charge in [0.25, 0.3) is 5.56 Å². The molecular formula is C19H23ClN4O2. The van der Waals surface area contributed by atoms with Crippen molar-refractivity contribution < 1.29 is 5.11 Å². The first-order chi connectivity index (χ1) is 11.9. The van der Waals surface area contributed by atoms with Crippen LogP contribution in [0.3, 0.4) is 0 Å². The number of rotatable bonds is 5. The van der Waals surface area contributed by atoms with Crippen LogP contribution in [0.15, 0.2) is 34.2 Å². The van der Waals surface area contributed by atoms with Gasteiger partial charge in [-0.3, -0.25) is 4.79 Å². The first kappa shape index (κ1) is 21.3. The molecule has 0 radical (unpaired) electrons. The molecule has 0 bridgehead atoms. The van der Waals surface area contributed by atoms with E-state index in [2.05, 4.69) is 23.8 Å². The number of pyridine rings is 1. The standard InChI is InChI=1S/C19H22N4O2.ClH/c1-5-22(6-2)16-8-7-15(18(24)10-16)12-21-23-14(4)9-13(3)17(11-20)19(23)25;/h7-10,12,24H,5-6H2,1-4H3;1H/b21-12+;. The number of hydrogen-bond acceptors (Lipinski definition) is 5. The summed E-state index contributed by atoms with van der Waals surface area (Å²) in [5.74, 6) is 0.0893. The van der Waals surface area contributed by atoms with Gasteiger partial charge in [0, 0.05) is 36.1 Å². The van der Waals surface area contributed by atoms with Crippen molar-refractivity contribution in [2.45, 2.75) is 27.7 Å². The van der Waals surface area contributed by atoms with E-state index in [0.717, 1.165) is 18.8 Å². The lowest BCUT2D eigenvalue weighted by molar-refractivity contribution is 0.474. The Kier molecular flexibility index (Phi) is 7.41. The molecule has 0 aliphatic rings. The number of phenolic OH excluding ortho intramolecular Hbond substituents is 1. The van der Waals surface area contributed by atoms with Crippen LogP contribution in [0.25, 0.3) is 0 Å². The molecule has 2 rings (SSSR count). The summed E-state index contributed by atoms with van der Waals surface area (Å²) in [4.78, 5) is 14.4. The van der Waals surface area contributed by atoms with E-state index >= 15 is 0 Å². The van der Waals surface area contributed by atoms with Crippen molar-refractivity contribution >= 4 is 24.3 Å². The molecule has 2 aromatic rings. The van der Waals surface area contributed by atoms with Crippen LogP contribution in [0.2, 0.25) is 0 Å². The number of aryl methyl sites for hydroxylation is 2. The smallest absolute Gasteiger partial charge is 0.289 e. The minimum atomic E-state index is -0.462. The third-order valence-corrected chi connectivity index (χ3v) is 4.13. The van der Waals surface area contributed by atoms with Crippen molar-refractivity contribution in [1.29, 1.82) is 5.26 Å². The van der Waals surface area contributed by atoms with Crippen molar-refractivity contribution in [2.24, 2.45) is 5.10 Å². The first-order valence-corrected chi connectivity index (χ1v) is 8.18. The fourth-order valence-corrected chi connectivity index (χ4v) is 2.71. The Labute approximate surface area is 159 Å². The summed E-state index contributed by atoms with van der Waals surface area (Å²) in [6, 6.07) is 8.99. The average Bonchev–Trinajstić information content (AvgIpc) is 2.57. The third-order valence-electron chi connectivity index (χ3n) is 4.13. The quantitative estimate of drug-likeness (QED) is 0.815. The molecule has 7 heteroatoms. The number of nitrogens with zero attached hydrogens (tertiary/aromatic N) is 4. The van der Waals surface area contributed by atoms with E-state index in [1.807, 2.05) is 12.1 Å². The van der Waals surface area contributed by atoms with E-state index in [4.69, 9.17) is 5.26 Å². The van der Waals surface area contributed by atoms with Crippen LogP contribution < -0.4 is 10.5 Å². The van der Waals surface area contributed by atoms with Crippen LogP contribution in [0, 0.1) is 25.2 Å². The third kappa shape index (κ3) is 4.24. The van der Waals surface area contributed by atoms with Crippen LogP contribution in [-0.2, 0) is 0 Å². The van der Waals surface area contributed by atoms with Gasteiger partial charge < -0.3 is 10.0 Å². The summed E-state index contributed by atoms with van der Waals surface area (Å²) in [7, 11) is 0. The van der Waals surface area contributed by atoms with E-state index in [9.17, 15) is 9.90 Å². The van der Waals surface area contributed by atoms with Gasteiger partial charge in [-0.2, -0.15) is 10.4 Å². The number of nitriles is 1. The minimum absolute atomic E-state index is 0. The van der Waals surface area contributed by atoms with Gasteiger partial charge in [-0.25, -0.2) is 4.68 Å². The van der Waals surface area contributed by atoms with Crippen molar-refractivity contribution in [3.05, 3.63) is 57.0 Å². The fraction of sp³-hybridized carbons (Fsp3) is 0.316. The molecule has 0 saturated carbocycles. The number of benzene rings is 1. The average molecular weight is 375 g/mol. The molecule has 1 aromatic heterocycles. The van der Waals surface area contributed by atoms with Gasteiger partial charge in [0.2, 0.25) is 0 Å². The van der Waals surface area contributed by atoms with Crippen molar-refractivity contribution in [3.63, 3.8) is 0 Å². The van der Waals surface area contributed by atoms with Crippen LogP contribution in [-0.4, -0.2) is 29.1 Å². The molecule has 6 nitrogen and oxygen atoms in total. The molecule has 0 amide bonds. The van der Waals surface area contributed by atoms with Gasteiger partial charge in [-0.05, 0) is 51.5 Å². The molecule has 1 heterocycles. The summed E-state index contributed by atoms with van der Waals surface area (Å²) >= 11 is 0. The number of phenols is 1. The minimum Gasteiger partial charge on any atom is -0.507 e. The monoisotopic (exact) mass is 374 g/mol. The normalized spacial score (nSPS) is 10.4.